The molecule has 2 N–H and O–H groups in total. The largest absolute Gasteiger partial charge is 0.340 e. The fourth-order valence-corrected chi connectivity index (χ4v) is 2.80. The van der Waals surface area contributed by atoms with Crippen molar-refractivity contribution in [1.29, 1.82) is 0 Å². The Balaban J connectivity index is 2.12. The Morgan fingerprint density at radius 1 is 0.926 bits per heavy atom. The summed E-state index contributed by atoms with van der Waals surface area (Å²) in [4.78, 5) is 25.4. The molecule has 1 atom stereocenters. The second kappa shape index (κ2) is 8.38. The van der Waals surface area contributed by atoms with E-state index in [0.717, 1.165) is 16.8 Å². The van der Waals surface area contributed by atoms with Crippen LogP contribution >= 0.6 is 0 Å². The van der Waals surface area contributed by atoms with Crippen molar-refractivity contribution >= 4 is 17.5 Å². The lowest BCUT2D eigenvalue weighted by Crippen LogP contribution is -2.47. The number of carbonyl (C=O) groups excluding carboxylic acids is 2. The highest BCUT2D eigenvalue weighted by Crippen LogP contribution is 2.22. The number of nitrogens with one attached hydrogen (secondary N) is 2. The molecule has 2 rings (SSSR count). The van der Waals surface area contributed by atoms with E-state index >= 15 is 0 Å². The summed E-state index contributed by atoms with van der Waals surface area (Å²) in [6.07, 6.45) is 0. The van der Waals surface area contributed by atoms with Crippen LogP contribution in [-0.2, 0) is 10.2 Å². The fraction of sp³-hybridized carbons (Fsp3) is 0.391. The van der Waals surface area contributed by atoms with Gasteiger partial charge in [-0.3, -0.25) is 9.59 Å². The molecule has 0 aliphatic heterocycles. The predicted molar refractivity (Wildman–Crippen MR) is 111 cm³/mol. The normalized spacial score (nSPS) is 12.6. The van der Waals surface area contributed by atoms with E-state index in [1.807, 2.05) is 69.3 Å². The molecule has 27 heavy (non-hydrogen) atoms. The first kappa shape index (κ1) is 20.7. The highest BCUT2D eigenvalue weighted by molar-refractivity contribution is 6.01. The van der Waals surface area contributed by atoms with Crippen LogP contribution in [0.1, 0.15) is 56.1 Å². The Hall–Kier alpha value is -2.62. The van der Waals surface area contributed by atoms with Crippen LogP contribution in [0.15, 0.2) is 48.5 Å². The van der Waals surface area contributed by atoms with Gasteiger partial charge in [-0.15, -0.1) is 0 Å². The van der Waals surface area contributed by atoms with E-state index < -0.39 is 6.04 Å². The van der Waals surface area contributed by atoms with Crippen molar-refractivity contribution in [3.63, 3.8) is 0 Å². The molecule has 0 aromatic heterocycles. The van der Waals surface area contributed by atoms with E-state index in [9.17, 15) is 9.59 Å². The van der Waals surface area contributed by atoms with Gasteiger partial charge in [0.1, 0.15) is 6.04 Å². The molecule has 0 aliphatic carbocycles. The van der Waals surface area contributed by atoms with Crippen LogP contribution in [0.5, 0.6) is 0 Å². The van der Waals surface area contributed by atoms with Crippen LogP contribution in [0.25, 0.3) is 0 Å². The molecule has 144 valence electrons. The van der Waals surface area contributed by atoms with Crippen molar-refractivity contribution in [2.24, 2.45) is 5.92 Å². The van der Waals surface area contributed by atoms with Gasteiger partial charge in [-0.25, -0.2) is 0 Å². The standard InChI is InChI=1S/C23H30N2O2/c1-15(2)20(22(27)24-19-10-8-7-9-16(19)3)25-21(26)17-11-13-18(14-12-17)23(4,5)6/h7-15,20H,1-6H3,(H,24,27)(H,25,26). The van der Waals surface area contributed by atoms with Crippen LogP contribution in [0.3, 0.4) is 0 Å². The maximum atomic E-state index is 12.7. The maximum Gasteiger partial charge on any atom is 0.251 e. The number of benzene rings is 2. The third-order valence-corrected chi connectivity index (χ3v) is 4.65. The van der Waals surface area contributed by atoms with E-state index in [1.165, 1.54) is 0 Å². The Labute approximate surface area is 162 Å². The van der Waals surface area contributed by atoms with E-state index in [0.29, 0.717) is 5.56 Å². The summed E-state index contributed by atoms with van der Waals surface area (Å²) in [5.41, 5.74) is 3.49. The number of anilines is 1. The van der Waals surface area contributed by atoms with Crippen molar-refractivity contribution in [2.45, 2.75) is 53.0 Å². The van der Waals surface area contributed by atoms with Crippen LogP contribution in [-0.4, -0.2) is 17.9 Å². The number of carbonyl (C=O) groups is 2. The number of hydrogen-bond acceptors (Lipinski definition) is 2. The minimum absolute atomic E-state index is 0.0307. The van der Waals surface area contributed by atoms with Gasteiger partial charge >= 0.3 is 0 Å². The molecule has 4 nitrogen and oxygen atoms in total. The second-order valence-electron chi connectivity index (χ2n) is 8.33. The zero-order chi connectivity index (χ0) is 20.2. The SMILES string of the molecule is Cc1ccccc1NC(=O)C(NC(=O)c1ccc(C(C)(C)C)cc1)C(C)C. The number of amides is 2. The van der Waals surface area contributed by atoms with E-state index in [2.05, 4.69) is 31.4 Å². The molecule has 0 spiro atoms. The van der Waals surface area contributed by atoms with Gasteiger partial charge in [-0.1, -0.05) is 65.0 Å². The smallest absolute Gasteiger partial charge is 0.251 e. The predicted octanol–water partition coefficient (Wildman–Crippen LogP) is 4.69. The average molecular weight is 367 g/mol. The third kappa shape index (κ3) is 5.43. The molecule has 0 saturated heterocycles. The molecule has 4 heteroatoms. The van der Waals surface area contributed by atoms with Crippen LogP contribution in [0.2, 0.25) is 0 Å². The number of aryl methyl sites for hydroxylation is 1. The molecular formula is C23H30N2O2. The lowest BCUT2D eigenvalue weighted by atomic mass is 9.86. The summed E-state index contributed by atoms with van der Waals surface area (Å²) in [7, 11) is 0. The third-order valence-electron chi connectivity index (χ3n) is 4.65. The summed E-state index contributed by atoms with van der Waals surface area (Å²) in [6, 6.07) is 14.5. The van der Waals surface area contributed by atoms with Crippen LogP contribution in [0.4, 0.5) is 5.69 Å². The summed E-state index contributed by atoms with van der Waals surface area (Å²) >= 11 is 0. The number of rotatable bonds is 5. The molecular weight excluding hydrogens is 336 g/mol. The zero-order valence-corrected chi connectivity index (χ0v) is 17.1. The highest BCUT2D eigenvalue weighted by atomic mass is 16.2. The first-order valence-electron chi connectivity index (χ1n) is 9.37. The topological polar surface area (TPSA) is 58.2 Å². The summed E-state index contributed by atoms with van der Waals surface area (Å²) in [6.45, 7) is 12.2. The Bertz CT molecular complexity index is 802. The maximum absolute atomic E-state index is 12.7. The van der Waals surface area contributed by atoms with Gasteiger partial charge in [0.15, 0.2) is 0 Å². The fourth-order valence-electron chi connectivity index (χ4n) is 2.80. The average Bonchev–Trinajstić information content (AvgIpc) is 2.60. The monoisotopic (exact) mass is 366 g/mol. The molecule has 0 heterocycles. The van der Waals surface area contributed by atoms with Crippen molar-refractivity contribution in [1.82, 2.24) is 5.32 Å². The summed E-state index contributed by atoms with van der Waals surface area (Å²) in [5, 5.41) is 5.80. The minimum Gasteiger partial charge on any atom is -0.340 e. The van der Waals surface area contributed by atoms with E-state index in [-0.39, 0.29) is 23.1 Å². The van der Waals surface area contributed by atoms with Gasteiger partial charge in [0, 0.05) is 11.3 Å². The quantitative estimate of drug-likeness (QED) is 0.807. The van der Waals surface area contributed by atoms with Crippen molar-refractivity contribution in [2.75, 3.05) is 5.32 Å². The lowest BCUT2D eigenvalue weighted by molar-refractivity contribution is -0.118. The first-order chi connectivity index (χ1) is 12.6. The van der Waals surface area contributed by atoms with Crippen molar-refractivity contribution in [3.8, 4) is 0 Å². The van der Waals surface area contributed by atoms with Gasteiger partial charge in [-0.05, 0) is 47.6 Å². The van der Waals surface area contributed by atoms with Crippen LogP contribution < -0.4 is 10.6 Å². The molecule has 1 unspecified atom stereocenters. The molecule has 2 aromatic rings. The van der Waals surface area contributed by atoms with Crippen molar-refractivity contribution < 1.29 is 9.59 Å². The molecule has 0 radical (unpaired) electrons. The van der Waals surface area contributed by atoms with Crippen molar-refractivity contribution in [3.05, 3.63) is 65.2 Å². The van der Waals surface area contributed by atoms with E-state index in [4.69, 9.17) is 0 Å². The molecule has 0 aliphatic rings. The Kier molecular flexibility index (Phi) is 6.42. The first-order valence-corrected chi connectivity index (χ1v) is 9.37. The second-order valence-corrected chi connectivity index (χ2v) is 8.33. The highest BCUT2D eigenvalue weighted by Gasteiger charge is 2.25. The number of para-hydroxylation sites is 1. The van der Waals surface area contributed by atoms with Gasteiger partial charge in [-0.2, -0.15) is 0 Å². The van der Waals surface area contributed by atoms with Gasteiger partial charge in [0.05, 0.1) is 0 Å². The Morgan fingerprint density at radius 3 is 2.04 bits per heavy atom. The molecule has 0 fully saturated rings. The van der Waals surface area contributed by atoms with Gasteiger partial charge in [0.25, 0.3) is 5.91 Å². The van der Waals surface area contributed by atoms with Gasteiger partial charge in [0.2, 0.25) is 5.91 Å². The summed E-state index contributed by atoms with van der Waals surface area (Å²) < 4.78 is 0. The van der Waals surface area contributed by atoms with Gasteiger partial charge < -0.3 is 10.6 Å². The molecule has 0 saturated carbocycles. The molecule has 2 amide bonds. The zero-order valence-electron chi connectivity index (χ0n) is 17.1. The number of hydrogen-bond donors (Lipinski definition) is 2. The minimum atomic E-state index is -0.612. The lowest BCUT2D eigenvalue weighted by Gasteiger charge is -2.23. The Morgan fingerprint density at radius 2 is 1.52 bits per heavy atom. The molecule has 0 bridgehead atoms. The summed E-state index contributed by atoms with van der Waals surface area (Å²) in [5.74, 6) is -0.486. The van der Waals surface area contributed by atoms with E-state index in [1.54, 1.807) is 0 Å². The van der Waals surface area contributed by atoms with Crippen LogP contribution in [0, 0.1) is 12.8 Å². The molecule has 2 aromatic carbocycles.